The first-order chi connectivity index (χ1) is 13.8. The van der Waals surface area contributed by atoms with E-state index in [4.69, 9.17) is 5.26 Å². The molecule has 29 heavy (non-hydrogen) atoms. The maximum Gasteiger partial charge on any atom is 0.274 e. The van der Waals surface area contributed by atoms with E-state index >= 15 is 0 Å². The molecule has 0 aliphatic rings. The number of nitrogens with one attached hydrogen (secondary N) is 1. The third-order valence-corrected chi connectivity index (χ3v) is 4.85. The summed E-state index contributed by atoms with van der Waals surface area (Å²) in [6, 6.07) is 13.7. The number of rotatable bonds is 4. The molecular formula is C23H21FN4O. The van der Waals surface area contributed by atoms with Crippen molar-refractivity contribution in [3.05, 3.63) is 87.5 Å². The van der Waals surface area contributed by atoms with Gasteiger partial charge < -0.3 is 4.57 Å². The zero-order valence-electron chi connectivity index (χ0n) is 16.7. The van der Waals surface area contributed by atoms with Crippen molar-refractivity contribution in [1.29, 1.82) is 5.26 Å². The highest BCUT2D eigenvalue weighted by Gasteiger charge is 2.14. The highest BCUT2D eigenvalue weighted by Crippen LogP contribution is 2.25. The summed E-state index contributed by atoms with van der Waals surface area (Å²) in [7, 11) is 0. The molecule has 146 valence electrons. The van der Waals surface area contributed by atoms with Crippen LogP contribution in [0, 0.1) is 44.8 Å². The van der Waals surface area contributed by atoms with Crippen molar-refractivity contribution in [1.82, 2.24) is 9.99 Å². The molecule has 2 aromatic carbocycles. The summed E-state index contributed by atoms with van der Waals surface area (Å²) >= 11 is 0. The Morgan fingerprint density at radius 1 is 1.14 bits per heavy atom. The molecule has 0 saturated carbocycles. The van der Waals surface area contributed by atoms with Crippen molar-refractivity contribution >= 4 is 12.1 Å². The Morgan fingerprint density at radius 3 is 2.45 bits per heavy atom. The van der Waals surface area contributed by atoms with Crippen molar-refractivity contribution in [3.8, 4) is 11.8 Å². The minimum absolute atomic E-state index is 0.154. The van der Waals surface area contributed by atoms with Gasteiger partial charge in [-0.15, -0.1) is 0 Å². The number of nitriles is 1. The summed E-state index contributed by atoms with van der Waals surface area (Å²) in [6.07, 6.45) is 1.55. The van der Waals surface area contributed by atoms with E-state index in [1.165, 1.54) is 23.3 Å². The standard InChI is InChI=1S/C23H21FN4O/c1-14-6-5-7-15(2)22(14)28-16(3)10-19(17(28)4)13-26-27-23(29)20-9-8-18(12-25)11-21(20)24/h5-11,13H,1-4H3,(H,27,29)/b26-13-. The molecule has 6 heteroatoms. The second-order valence-electron chi connectivity index (χ2n) is 6.91. The number of nitrogens with zero attached hydrogens (tertiary/aromatic N) is 3. The predicted molar refractivity (Wildman–Crippen MR) is 111 cm³/mol. The van der Waals surface area contributed by atoms with E-state index in [0.717, 1.165) is 28.7 Å². The summed E-state index contributed by atoms with van der Waals surface area (Å²) < 4.78 is 16.1. The normalized spacial score (nSPS) is 10.9. The zero-order chi connectivity index (χ0) is 21.1. The topological polar surface area (TPSA) is 70.2 Å². The molecule has 1 amide bonds. The second kappa shape index (κ2) is 8.11. The number of hydrogen-bond donors (Lipinski definition) is 1. The number of aryl methyl sites for hydroxylation is 3. The van der Waals surface area contributed by atoms with Gasteiger partial charge in [0.15, 0.2) is 0 Å². The highest BCUT2D eigenvalue weighted by atomic mass is 19.1. The van der Waals surface area contributed by atoms with Crippen molar-refractivity contribution in [2.45, 2.75) is 27.7 Å². The van der Waals surface area contributed by atoms with Gasteiger partial charge in [-0.05, 0) is 63.1 Å². The molecule has 1 heterocycles. The van der Waals surface area contributed by atoms with Gasteiger partial charge in [0.05, 0.1) is 29.1 Å². The third kappa shape index (κ3) is 3.94. The summed E-state index contributed by atoms with van der Waals surface area (Å²) in [5.41, 5.74) is 8.68. The Labute approximate surface area is 169 Å². The third-order valence-electron chi connectivity index (χ3n) is 4.85. The molecule has 0 aliphatic heterocycles. The van der Waals surface area contributed by atoms with Crippen molar-refractivity contribution < 1.29 is 9.18 Å². The maximum atomic E-state index is 14.0. The zero-order valence-corrected chi connectivity index (χ0v) is 16.7. The number of para-hydroxylation sites is 1. The van der Waals surface area contributed by atoms with Gasteiger partial charge in [0.25, 0.3) is 5.91 Å². The van der Waals surface area contributed by atoms with Gasteiger partial charge in [-0.1, -0.05) is 18.2 Å². The second-order valence-corrected chi connectivity index (χ2v) is 6.91. The van der Waals surface area contributed by atoms with E-state index in [1.807, 2.05) is 32.0 Å². The fraction of sp³-hybridized carbons (Fsp3) is 0.174. The molecule has 0 spiro atoms. The monoisotopic (exact) mass is 388 g/mol. The smallest absolute Gasteiger partial charge is 0.274 e. The van der Waals surface area contributed by atoms with Crippen LogP contribution < -0.4 is 5.43 Å². The number of amides is 1. The van der Waals surface area contributed by atoms with Crippen LogP contribution >= 0.6 is 0 Å². The largest absolute Gasteiger partial charge is 0.317 e. The van der Waals surface area contributed by atoms with Gasteiger partial charge in [0.2, 0.25) is 0 Å². The highest BCUT2D eigenvalue weighted by molar-refractivity contribution is 5.95. The molecule has 1 N–H and O–H groups in total. The Kier molecular flexibility index (Phi) is 5.60. The molecule has 0 radical (unpaired) electrons. The summed E-state index contributed by atoms with van der Waals surface area (Å²) in [4.78, 5) is 12.2. The van der Waals surface area contributed by atoms with Crippen LogP contribution in [0.3, 0.4) is 0 Å². The number of aromatic nitrogens is 1. The lowest BCUT2D eigenvalue weighted by molar-refractivity contribution is 0.0951. The first-order valence-corrected chi connectivity index (χ1v) is 9.12. The van der Waals surface area contributed by atoms with E-state index in [-0.39, 0.29) is 11.1 Å². The first kappa shape index (κ1) is 20.0. The molecule has 0 bridgehead atoms. The molecular weight excluding hydrogens is 367 g/mol. The molecule has 3 rings (SSSR count). The number of benzene rings is 2. The average Bonchev–Trinajstić information content (AvgIpc) is 2.95. The van der Waals surface area contributed by atoms with Crippen molar-refractivity contribution in [2.24, 2.45) is 5.10 Å². The molecule has 1 aromatic heterocycles. The van der Waals surface area contributed by atoms with E-state index in [0.29, 0.717) is 0 Å². The quantitative estimate of drug-likeness (QED) is 0.529. The van der Waals surface area contributed by atoms with Crippen LogP contribution in [0.1, 0.15) is 44.0 Å². The number of hydrazone groups is 1. The van der Waals surface area contributed by atoms with E-state index in [1.54, 1.807) is 6.21 Å². The summed E-state index contributed by atoms with van der Waals surface area (Å²) in [6.45, 7) is 8.14. The van der Waals surface area contributed by atoms with Crippen LogP contribution in [0.25, 0.3) is 5.69 Å². The van der Waals surface area contributed by atoms with Crippen LogP contribution in [-0.4, -0.2) is 16.7 Å². The molecule has 0 unspecified atom stereocenters. The van der Waals surface area contributed by atoms with Crippen LogP contribution in [0.2, 0.25) is 0 Å². The molecule has 0 saturated heterocycles. The van der Waals surface area contributed by atoms with Crippen LogP contribution in [0.4, 0.5) is 4.39 Å². The summed E-state index contributed by atoms with van der Waals surface area (Å²) in [5.74, 6) is -1.43. The van der Waals surface area contributed by atoms with E-state index < -0.39 is 11.7 Å². The number of carbonyl (C=O) groups is 1. The first-order valence-electron chi connectivity index (χ1n) is 9.12. The van der Waals surface area contributed by atoms with Crippen LogP contribution in [-0.2, 0) is 0 Å². The molecule has 5 nitrogen and oxygen atoms in total. The van der Waals surface area contributed by atoms with Gasteiger partial charge in [-0.25, -0.2) is 9.82 Å². The molecule has 3 aromatic rings. The minimum Gasteiger partial charge on any atom is -0.317 e. The van der Waals surface area contributed by atoms with Crippen LogP contribution in [0.5, 0.6) is 0 Å². The van der Waals surface area contributed by atoms with Crippen LogP contribution in [0.15, 0.2) is 47.6 Å². The Morgan fingerprint density at radius 2 is 1.83 bits per heavy atom. The van der Waals surface area contributed by atoms with Gasteiger partial charge in [0, 0.05) is 17.0 Å². The fourth-order valence-corrected chi connectivity index (χ4v) is 3.41. The van der Waals surface area contributed by atoms with Gasteiger partial charge in [-0.3, -0.25) is 4.79 Å². The SMILES string of the molecule is Cc1cccc(C)c1-n1c(C)cc(/C=N\NC(=O)c2ccc(C#N)cc2F)c1C. The number of carbonyl (C=O) groups excluding carboxylic acids is 1. The lowest BCUT2D eigenvalue weighted by atomic mass is 10.1. The fourth-order valence-electron chi connectivity index (χ4n) is 3.41. The van der Waals surface area contributed by atoms with Crippen molar-refractivity contribution in [2.75, 3.05) is 0 Å². The van der Waals surface area contributed by atoms with Gasteiger partial charge in [-0.2, -0.15) is 10.4 Å². The minimum atomic E-state index is -0.759. The number of halogens is 1. The lowest BCUT2D eigenvalue weighted by Gasteiger charge is -2.15. The molecule has 0 fully saturated rings. The van der Waals surface area contributed by atoms with Gasteiger partial charge in [0.1, 0.15) is 5.82 Å². The maximum absolute atomic E-state index is 14.0. The molecule has 0 atom stereocenters. The Hall–Kier alpha value is -3.72. The summed E-state index contributed by atoms with van der Waals surface area (Å²) in [5, 5.41) is 12.8. The van der Waals surface area contributed by atoms with E-state index in [2.05, 4.69) is 41.1 Å². The lowest BCUT2D eigenvalue weighted by Crippen LogP contribution is -2.19. The number of hydrogen-bond acceptors (Lipinski definition) is 3. The Bertz CT molecular complexity index is 1150. The predicted octanol–water partition coefficient (Wildman–Crippen LogP) is 4.49. The van der Waals surface area contributed by atoms with E-state index in [9.17, 15) is 9.18 Å². The average molecular weight is 388 g/mol. The Balaban J connectivity index is 1.84. The van der Waals surface area contributed by atoms with Crippen molar-refractivity contribution in [3.63, 3.8) is 0 Å². The van der Waals surface area contributed by atoms with Gasteiger partial charge >= 0.3 is 0 Å². The molecule has 0 aliphatic carbocycles.